The summed E-state index contributed by atoms with van der Waals surface area (Å²) in [7, 11) is -2.02. The van der Waals surface area contributed by atoms with Gasteiger partial charge < -0.3 is 4.57 Å². The molecular weight excluding hydrogens is 607 g/mol. The average Bonchev–Trinajstić information content (AvgIpc) is 3.72. The Labute approximate surface area is 277 Å². The van der Waals surface area contributed by atoms with Crippen molar-refractivity contribution in [3.8, 4) is 39.5 Å². The van der Waals surface area contributed by atoms with Crippen molar-refractivity contribution >= 4 is 71.9 Å². The van der Waals surface area contributed by atoms with Gasteiger partial charge in [0.05, 0.1) is 16.7 Å². The predicted molar refractivity (Wildman–Crippen MR) is 202 cm³/mol. The summed E-state index contributed by atoms with van der Waals surface area (Å²) >= 11 is 1.88. The van der Waals surface area contributed by atoms with Crippen LogP contribution in [0.2, 0.25) is 13.1 Å². The van der Waals surface area contributed by atoms with Crippen molar-refractivity contribution in [1.29, 1.82) is 0 Å². The molecule has 5 heteroatoms. The van der Waals surface area contributed by atoms with Crippen LogP contribution in [-0.2, 0) is 0 Å². The molecule has 0 radical (unpaired) electrons. The minimum absolute atomic E-state index is 0.797. The molecule has 6 aromatic carbocycles. The number of thiophene rings is 1. The first kappa shape index (κ1) is 26.8. The van der Waals surface area contributed by atoms with E-state index < -0.39 is 8.07 Å². The lowest BCUT2D eigenvalue weighted by Crippen LogP contribution is -2.50. The zero-order valence-corrected chi connectivity index (χ0v) is 27.8. The smallest absolute Gasteiger partial charge is 0.159 e. The second-order valence-electron chi connectivity index (χ2n) is 13.0. The van der Waals surface area contributed by atoms with Crippen molar-refractivity contribution in [3.05, 3.63) is 140 Å². The van der Waals surface area contributed by atoms with E-state index in [9.17, 15) is 0 Å². The molecule has 1 aliphatic rings. The molecule has 1 aliphatic heterocycles. The summed E-state index contributed by atoms with van der Waals surface area (Å²) in [6.07, 6.45) is 0. The molecule has 222 valence electrons. The molecule has 10 rings (SSSR count). The van der Waals surface area contributed by atoms with Crippen molar-refractivity contribution in [2.24, 2.45) is 0 Å². The zero-order valence-electron chi connectivity index (χ0n) is 26.0. The first-order chi connectivity index (χ1) is 23.1. The molecule has 0 unspecified atom stereocenters. The Morgan fingerprint density at radius 1 is 0.553 bits per heavy atom. The van der Waals surface area contributed by atoms with Gasteiger partial charge in [-0.3, -0.25) is 0 Å². The van der Waals surface area contributed by atoms with Crippen LogP contribution in [0, 0.1) is 0 Å². The van der Waals surface area contributed by atoms with Crippen LogP contribution in [0.1, 0.15) is 0 Å². The molecule has 0 saturated carbocycles. The first-order valence-corrected chi connectivity index (χ1v) is 19.9. The number of aromatic nitrogens is 3. The van der Waals surface area contributed by atoms with E-state index in [2.05, 4.69) is 151 Å². The summed E-state index contributed by atoms with van der Waals surface area (Å²) in [5.74, 6) is 0.797. The number of para-hydroxylation sites is 1. The lowest BCUT2D eigenvalue weighted by molar-refractivity contribution is 1.18. The molecule has 0 bridgehead atoms. The van der Waals surface area contributed by atoms with E-state index in [1.807, 2.05) is 17.4 Å². The Balaban J connectivity index is 1.19. The van der Waals surface area contributed by atoms with Crippen molar-refractivity contribution in [2.75, 3.05) is 0 Å². The molecule has 4 heterocycles. The monoisotopic (exact) mass is 635 g/mol. The molecule has 9 aromatic rings. The van der Waals surface area contributed by atoms with Gasteiger partial charge in [0, 0.05) is 58.6 Å². The zero-order chi connectivity index (χ0) is 31.3. The van der Waals surface area contributed by atoms with Gasteiger partial charge in [-0.1, -0.05) is 116 Å². The van der Waals surface area contributed by atoms with E-state index in [1.54, 1.807) is 0 Å². The third-order valence-electron chi connectivity index (χ3n) is 9.97. The van der Waals surface area contributed by atoms with Crippen LogP contribution in [0.25, 0.3) is 81.4 Å². The predicted octanol–water partition coefficient (Wildman–Crippen LogP) is 10.1. The van der Waals surface area contributed by atoms with Crippen molar-refractivity contribution in [3.63, 3.8) is 0 Å². The van der Waals surface area contributed by atoms with E-state index >= 15 is 0 Å². The molecule has 47 heavy (non-hydrogen) atoms. The second-order valence-corrected chi connectivity index (χ2v) is 18.4. The van der Waals surface area contributed by atoms with Gasteiger partial charge in [0.1, 0.15) is 8.07 Å². The molecule has 0 amide bonds. The summed E-state index contributed by atoms with van der Waals surface area (Å²) < 4.78 is 5.08. The van der Waals surface area contributed by atoms with Crippen LogP contribution >= 0.6 is 11.3 Å². The third kappa shape index (κ3) is 3.84. The number of hydrogen-bond acceptors (Lipinski definition) is 3. The third-order valence-corrected chi connectivity index (χ3v) is 14.4. The number of nitrogens with zero attached hydrogens (tertiary/aromatic N) is 3. The SMILES string of the molecule is C[Si]1(C)c2ccccc2-c2c(-c3ccc(-n4c5ccccc5c5cc6sc7ccccc7c6cc54)cc3)nc(-c3ccccc3)nc21. The van der Waals surface area contributed by atoms with E-state index in [1.165, 1.54) is 63.6 Å². The minimum atomic E-state index is -2.02. The quantitative estimate of drug-likeness (QED) is 0.181. The van der Waals surface area contributed by atoms with Gasteiger partial charge in [0.2, 0.25) is 0 Å². The highest BCUT2D eigenvalue weighted by Gasteiger charge is 2.41. The summed E-state index contributed by atoms with van der Waals surface area (Å²) in [4.78, 5) is 10.6. The van der Waals surface area contributed by atoms with Gasteiger partial charge in [-0.05, 0) is 47.1 Å². The highest BCUT2D eigenvalue weighted by atomic mass is 32.1. The lowest BCUT2D eigenvalue weighted by atomic mass is 10.00. The van der Waals surface area contributed by atoms with Crippen LogP contribution in [0.5, 0.6) is 0 Å². The fourth-order valence-electron chi connectivity index (χ4n) is 7.70. The molecule has 0 spiro atoms. The molecule has 3 aromatic heterocycles. The van der Waals surface area contributed by atoms with Gasteiger partial charge in [0.15, 0.2) is 5.82 Å². The van der Waals surface area contributed by atoms with E-state index in [-0.39, 0.29) is 0 Å². The molecule has 3 nitrogen and oxygen atoms in total. The largest absolute Gasteiger partial charge is 0.309 e. The summed E-state index contributed by atoms with van der Waals surface area (Å²) in [6, 6.07) is 50.6. The van der Waals surface area contributed by atoms with Gasteiger partial charge in [-0.25, -0.2) is 9.97 Å². The summed E-state index contributed by atoms with van der Waals surface area (Å²) in [6.45, 7) is 4.84. The molecular formula is C42H29N3SSi. The summed E-state index contributed by atoms with van der Waals surface area (Å²) in [5.41, 5.74) is 9.24. The maximum Gasteiger partial charge on any atom is 0.159 e. The highest BCUT2D eigenvalue weighted by Crippen LogP contribution is 2.41. The minimum Gasteiger partial charge on any atom is -0.309 e. The van der Waals surface area contributed by atoms with Crippen molar-refractivity contribution in [1.82, 2.24) is 14.5 Å². The van der Waals surface area contributed by atoms with Gasteiger partial charge >= 0.3 is 0 Å². The van der Waals surface area contributed by atoms with E-state index in [0.717, 1.165) is 28.3 Å². The standard InChI is InChI=1S/C42H29N3SSi/c1-47(2)38-19-11-8-16-31(38)39-40(43-41(44-42(39)47)27-12-4-3-5-13-27)26-20-22-28(23-21-26)45-34-17-9-6-14-29(34)32-25-37-33(24-35(32)45)30-15-7-10-18-36(30)46-37/h3-25H,1-2H3. The van der Waals surface area contributed by atoms with Gasteiger partial charge in [-0.2, -0.15) is 0 Å². The van der Waals surface area contributed by atoms with E-state index in [0.29, 0.717) is 0 Å². The number of rotatable bonds is 3. The first-order valence-electron chi connectivity index (χ1n) is 16.1. The fraction of sp³-hybridized carbons (Fsp3) is 0.0476. The Morgan fingerprint density at radius 3 is 2.13 bits per heavy atom. The number of benzene rings is 6. The maximum absolute atomic E-state index is 5.30. The van der Waals surface area contributed by atoms with Gasteiger partial charge in [-0.15, -0.1) is 11.3 Å². The Bertz CT molecular complexity index is 2700. The molecule has 0 saturated heterocycles. The number of hydrogen-bond donors (Lipinski definition) is 0. The Hall–Kier alpha value is -5.36. The molecule has 0 atom stereocenters. The topological polar surface area (TPSA) is 30.7 Å². The summed E-state index contributed by atoms with van der Waals surface area (Å²) in [5, 5.41) is 7.85. The molecule has 0 fully saturated rings. The van der Waals surface area contributed by atoms with Crippen LogP contribution in [-0.4, -0.2) is 22.6 Å². The van der Waals surface area contributed by atoms with Crippen LogP contribution in [0.4, 0.5) is 0 Å². The Morgan fingerprint density at radius 2 is 1.28 bits per heavy atom. The van der Waals surface area contributed by atoms with E-state index in [4.69, 9.17) is 9.97 Å². The van der Waals surface area contributed by atoms with Gasteiger partial charge in [0.25, 0.3) is 0 Å². The maximum atomic E-state index is 5.30. The second kappa shape index (κ2) is 9.82. The van der Waals surface area contributed by atoms with Crippen LogP contribution < -0.4 is 10.5 Å². The molecule has 0 aliphatic carbocycles. The highest BCUT2D eigenvalue weighted by molar-refractivity contribution is 7.25. The fourth-order valence-corrected chi connectivity index (χ4v) is 11.7. The average molecular weight is 636 g/mol. The van der Waals surface area contributed by atoms with Crippen molar-refractivity contribution in [2.45, 2.75) is 13.1 Å². The Kier molecular flexibility index (Phi) is 5.60. The number of fused-ring (bicyclic) bond motifs is 9. The molecule has 0 N–H and O–H groups in total. The van der Waals surface area contributed by atoms with Crippen LogP contribution in [0.3, 0.4) is 0 Å². The van der Waals surface area contributed by atoms with Crippen molar-refractivity contribution < 1.29 is 0 Å². The van der Waals surface area contributed by atoms with Crippen LogP contribution in [0.15, 0.2) is 140 Å². The normalized spacial score (nSPS) is 13.5. The lowest BCUT2D eigenvalue weighted by Gasteiger charge is -2.19.